The highest BCUT2D eigenvalue weighted by Gasteiger charge is 2.33. The second-order valence-corrected chi connectivity index (χ2v) is 7.45. The standard InChI is InChI=1S/C14H14S2/c1-14(15-9-10-16-14)13-8-4-6-11-5-2-3-7-12(11)13/h2-8H,9-10H2,1H3. The third kappa shape index (κ3) is 1.64. The van der Waals surface area contributed by atoms with Crippen LogP contribution < -0.4 is 0 Å². The summed E-state index contributed by atoms with van der Waals surface area (Å²) in [5.41, 5.74) is 1.48. The van der Waals surface area contributed by atoms with E-state index in [0.29, 0.717) is 0 Å². The van der Waals surface area contributed by atoms with Crippen molar-refractivity contribution in [3.8, 4) is 0 Å². The number of fused-ring (bicyclic) bond motifs is 1. The van der Waals surface area contributed by atoms with E-state index >= 15 is 0 Å². The van der Waals surface area contributed by atoms with Crippen molar-refractivity contribution in [2.75, 3.05) is 11.5 Å². The van der Waals surface area contributed by atoms with Crippen molar-refractivity contribution >= 4 is 34.3 Å². The van der Waals surface area contributed by atoms with E-state index in [2.05, 4.69) is 72.9 Å². The summed E-state index contributed by atoms with van der Waals surface area (Å²) < 4.78 is 0.251. The van der Waals surface area contributed by atoms with E-state index in [1.165, 1.54) is 27.8 Å². The second kappa shape index (κ2) is 4.01. The summed E-state index contributed by atoms with van der Waals surface area (Å²) in [4.78, 5) is 0. The number of hydrogen-bond acceptors (Lipinski definition) is 2. The minimum absolute atomic E-state index is 0.251. The maximum Gasteiger partial charge on any atom is 0.0838 e. The van der Waals surface area contributed by atoms with Gasteiger partial charge in [0.2, 0.25) is 0 Å². The van der Waals surface area contributed by atoms with Crippen LogP contribution in [0.3, 0.4) is 0 Å². The molecule has 0 aliphatic carbocycles. The Kier molecular flexibility index (Phi) is 2.64. The van der Waals surface area contributed by atoms with Crippen LogP contribution in [0.15, 0.2) is 42.5 Å². The predicted molar refractivity (Wildman–Crippen MR) is 76.2 cm³/mol. The van der Waals surface area contributed by atoms with Crippen LogP contribution in [0.5, 0.6) is 0 Å². The van der Waals surface area contributed by atoms with Crippen LogP contribution in [0.1, 0.15) is 12.5 Å². The molecule has 1 heterocycles. The topological polar surface area (TPSA) is 0 Å². The Labute approximate surface area is 105 Å². The number of hydrogen-bond donors (Lipinski definition) is 0. The average molecular weight is 246 g/mol. The SMILES string of the molecule is CC1(c2cccc3ccccc23)SCCS1. The summed E-state index contributed by atoms with van der Waals surface area (Å²) >= 11 is 4.15. The summed E-state index contributed by atoms with van der Waals surface area (Å²) in [6.45, 7) is 2.36. The van der Waals surface area contributed by atoms with Gasteiger partial charge in [-0.15, -0.1) is 23.5 Å². The Balaban J connectivity index is 2.23. The molecule has 1 saturated heterocycles. The van der Waals surface area contributed by atoms with Crippen LogP contribution in [0.4, 0.5) is 0 Å². The zero-order valence-electron chi connectivity index (χ0n) is 9.27. The first-order chi connectivity index (χ1) is 7.80. The summed E-state index contributed by atoms with van der Waals surface area (Å²) in [5, 5.41) is 2.77. The molecule has 1 aliphatic rings. The molecule has 82 valence electrons. The molecule has 0 unspecified atom stereocenters. The van der Waals surface area contributed by atoms with Gasteiger partial charge in [0.1, 0.15) is 0 Å². The number of benzene rings is 2. The second-order valence-electron chi connectivity index (χ2n) is 4.17. The highest BCUT2D eigenvalue weighted by molar-refractivity contribution is 8.20. The summed E-state index contributed by atoms with van der Waals surface area (Å²) in [6.07, 6.45) is 0. The lowest BCUT2D eigenvalue weighted by atomic mass is 10.0. The quantitative estimate of drug-likeness (QED) is 0.727. The molecular weight excluding hydrogens is 232 g/mol. The monoisotopic (exact) mass is 246 g/mol. The number of rotatable bonds is 1. The van der Waals surface area contributed by atoms with Crippen molar-refractivity contribution in [3.63, 3.8) is 0 Å². The van der Waals surface area contributed by atoms with Crippen LogP contribution >= 0.6 is 23.5 Å². The molecule has 0 amide bonds. The van der Waals surface area contributed by atoms with Crippen molar-refractivity contribution in [2.45, 2.75) is 11.0 Å². The highest BCUT2D eigenvalue weighted by atomic mass is 32.2. The van der Waals surface area contributed by atoms with Crippen LogP contribution in [-0.2, 0) is 4.08 Å². The first-order valence-electron chi connectivity index (χ1n) is 5.56. The van der Waals surface area contributed by atoms with E-state index in [0.717, 1.165) is 0 Å². The minimum Gasteiger partial charge on any atom is -0.139 e. The largest absolute Gasteiger partial charge is 0.139 e. The number of thioether (sulfide) groups is 2. The Bertz CT molecular complexity index is 508. The molecule has 1 fully saturated rings. The maximum absolute atomic E-state index is 2.36. The van der Waals surface area contributed by atoms with E-state index in [9.17, 15) is 0 Å². The fourth-order valence-electron chi connectivity index (χ4n) is 2.29. The molecule has 0 saturated carbocycles. The zero-order valence-corrected chi connectivity index (χ0v) is 10.9. The lowest BCUT2D eigenvalue weighted by Gasteiger charge is -2.24. The molecule has 1 aliphatic heterocycles. The van der Waals surface area contributed by atoms with Gasteiger partial charge in [-0.05, 0) is 23.3 Å². The Morgan fingerprint density at radius 2 is 1.62 bits per heavy atom. The molecule has 0 bridgehead atoms. The van der Waals surface area contributed by atoms with Gasteiger partial charge in [-0.25, -0.2) is 0 Å². The van der Waals surface area contributed by atoms with Gasteiger partial charge in [0.05, 0.1) is 4.08 Å². The molecule has 2 aromatic rings. The Morgan fingerprint density at radius 1 is 0.938 bits per heavy atom. The van der Waals surface area contributed by atoms with Crippen LogP contribution in [0, 0.1) is 0 Å². The van der Waals surface area contributed by atoms with Gasteiger partial charge in [-0.1, -0.05) is 42.5 Å². The predicted octanol–water partition coefficient (Wildman–Crippen LogP) is 4.49. The van der Waals surface area contributed by atoms with E-state index in [-0.39, 0.29) is 4.08 Å². The van der Waals surface area contributed by atoms with Gasteiger partial charge in [0, 0.05) is 11.5 Å². The molecule has 16 heavy (non-hydrogen) atoms. The average Bonchev–Trinajstić information content (AvgIpc) is 2.77. The molecule has 0 atom stereocenters. The van der Waals surface area contributed by atoms with Gasteiger partial charge in [0.15, 0.2) is 0 Å². The third-order valence-corrected chi connectivity index (χ3v) is 6.44. The van der Waals surface area contributed by atoms with Gasteiger partial charge in [-0.2, -0.15) is 0 Å². The molecule has 3 rings (SSSR count). The van der Waals surface area contributed by atoms with Crippen molar-refractivity contribution in [2.24, 2.45) is 0 Å². The summed E-state index contributed by atoms with van der Waals surface area (Å²) in [5.74, 6) is 2.54. The molecule has 2 heteroatoms. The lowest BCUT2D eigenvalue weighted by molar-refractivity contribution is 1.04. The fraction of sp³-hybridized carbons (Fsp3) is 0.286. The normalized spacial score (nSPS) is 19.1. The molecule has 0 radical (unpaired) electrons. The smallest absolute Gasteiger partial charge is 0.0838 e. The van der Waals surface area contributed by atoms with Crippen molar-refractivity contribution in [1.29, 1.82) is 0 Å². The minimum atomic E-state index is 0.251. The molecule has 0 spiro atoms. The van der Waals surface area contributed by atoms with E-state index < -0.39 is 0 Å². The van der Waals surface area contributed by atoms with Crippen LogP contribution in [0.25, 0.3) is 10.8 Å². The van der Waals surface area contributed by atoms with Crippen LogP contribution in [-0.4, -0.2) is 11.5 Å². The highest BCUT2D eigenvalue weighted by Crippen LogP contribution is 2.52. The fourth-order valence-corrected chi connectivity index (χ4v) is 5.24. The van der Waals surface area contributed by atoms with E-state index in [1.807, 2.05) is 0 Å². The van der Waals surface area contributed by atoms with Gasteiger partial charge in [0.25, 0.3) is 0 Å². The molecular formula is C14H14S2. The molecule has 0 N–H and O–H groups in total. The first-order valence-corrected chi connectivity index (χ1v) is 7.53. The first kappa shape index (κ1) is 10.5. The maximum atomic E-state index is 2.36. The van der Waals surface area contributed by atoms with E-state index in [1.54, 1.807) is 0 Å². The van der Waals surface area contributed by atoms with Crippen LogP contribution in [0.2, 0.25) is 0 Å². The van der Waals surface area contributed by atoms with Gasteiger partial charge in [-0.3, -0.25) is 0 Å². The van der Waals surface area contributed by atoms with E-state index in [4.69, 9.17) is 0 Å². The van der Waals surface area contributed by atoms with Crippen molar-refractivity contribution in [3.05, 3.63) is 48.0 Å². The van der Waals surface area contributed by atoms with Crippen molar-refractivity contribution in [1.82, 2.24) is 0 Å². The van der Waals surface area contributed by atoms with Crippen molar-refractivity contribution < 1.29 is 0 Å². The molecule has 0 aromatic heterocycles. The Morgan fingerprint density at radius 3 is 2.44 bits per heavy atom. The van der Waals surface area contributed by atoms with Gasteiger partial charge < -0.3 is 0 Å². The zero-order chi connectivity index (χ0) is 11.0. The summed E-state index contributed by atoms with van der Waals surface area (Å²) in [6, 6.07) is 15.4. The summed E-state index contributed by atoms with van der Waals surface area (Å²) in [7, 11) is 0. The third-order valence-electron chi connectivity index (χ3n) is 3.12. The lowest BCUT2D eigenvalue weighted by Crippen LogP contribution is -2.08. The Hall–Kier alpha value is -0.600. The van der Waals surface area contributed by atoms with Gasteiger partial charge >= 0.3 is 0 Å². The molecule has 2 aromatic carbocycles. The molecule has 0 nitrogen and oxygen atoms in total.